The van der Waals surface area contributed by atoms with Crippen LogP contribution in [0, 0.1) is 13.8 Å². The first kappa shape index (κ1) is 17.0. The van der Waals surface area contributed by atoms with Gasteiger partial charge >= 0.3 is 0 Å². The highest BCUT2D eigenvalue weighted by atomic mass is 35.5. The fourth-order valence-corrected chi connectivity index (χ4v) is 4.43. The monoisotopic (exact) mass is 385 g/mol. The van der Waals surface area contributed by atoms with Crippen molar-refractivity contribution in [2.24, 2.45) is 0 Å². The molecular weight excluding hydrogens is 370 g/mol. The molecule has 1 aromatic carbocycles. The molecule has 1 aliphatic heterocycles. The average Bonchev–Trinajstić information content (AvgIpc) is 3.17. The third-order valence-corrected chi connectivity index (χ3v) is 5.77. The van der Waals surface area contributed by atoms with Crippen molar-refractivity contribution in [3.63, 3.8) is 0 Å². The Hall–Kier alpha value is -2.44. The number of aromatic amines is 1. The molecular formula is C19H16ClN3O2S. The van der Waals surface area contributed by atoms with E-state index in [1.54, 1.807) is 23.5 Å². The number of carbonyl (C=O) groups excluding carboxylic acids is 2. The largest absolute Gasteiger partial charge is 0.309 e. The molecule has 1 aliphatic rings. The number of Topliss-reactive ketones (excluding diaryl/α,β-unsaturated/α-hetero) is 1. The molecule has 2 N–H and O–H groups in total. The zero-order chi connectivity index (χ0) is 18.4. The number of benzene rings is 1. The number of halogens is 1. The fraction of sp³-hybridized carbons (Fsp3) is 0.211. The van der Waals surface area contributed by atoms with Crippen molar-refractivity contribution >= 4 is 40.4 Å². The third-order valence-electron chi connectivity index (χ3n) is 4.56. The molecule has 4 rings (SSSR count). The smallest absolute Gasteiger partial charge is 0.226 e. The Morgan fingerprint density at radius 3 is 2.65 bits per heavy atom. The summed E-state index contributed by atoms with van der Waals surface area (Å²) in [6.45, 7) is 3.91. The number of anilines is 1. The Bertz CT molecular complexity index is 1020. The lowest BCUT2D eigenvalue weighted by Crippen LogP contribution is -2.27. The molecule has 7 heteroatoms. The number of aromatic nitrogens is 2. The number of fused-ring (bicyclic) bond motifs is 1. The molecule has 5 nitrogen and oxygen atoms in total. The number of hydrogen-bond donors (Lipinski definition) is 2. The van der Waals surface area contributed by atoms with Crippen molar-refractivity contribution in [2.75, 3.05) is 5.32 Å². The van der Waals surface area contributed by atoms with Crippen molar-refractivity contribution in [2.45, 2.75) is 26.2 Å². The summed E-state index contributed by atoms with van der Waals surface area (Å²) >= 11 is 7.57. The van der Waals surface area contributed by atoms with Crippen LogP contribution in [0.4, 0.5) is 5.82 Å². The highest BCUT2D eigenvalue weighted by Gasteiger charge is 2.36. The quantitative estimate of drug-likeness (QED) is 0.640. The highest BCUT2D eigenvalue weighted by molar-refractivity contribution is 7.12. The number of aryl methyl sites for hydroxylation is 2. The van der Waals surface area contributed by atoms with Gasteiger partial charge in [-0.3, -0.25) is 14.7 Å². The minimum absolute atomic E-state index is 0.0421. The number of rotatable bonds is 3. The molecule has 0 saturated heterocycles. The van der Waals surface area contributed by atoms with Gasteiger partial charge in [-0.05, 0) is 32.0 Å². The number of nitrogens with one attached hydrogen (secondary N) is 2. The van der Waals surface area contributed by atoms with Crippen LogP contribution in [0.5, 0.6) is 0 Å². The number of H-pyrrole nitrogens is 1. The summed E-state index contributed by atoms with van der Waals surface area (Å²) in [5.41, 5.74) is 3.02. The van der Waals surface area contributed by atoms with Gasteiger partial charge < -0.3 is 5.32 Å². The summed E-state index contributed by atoms with van der Waals surface area (Å²) in [6.07, 6.45) is 0.111. The van der Waals surface area contributed by atoms with Crippen LogP contribution < -0.4 is 5.32 Å². The van der Waals surface area contributed by atoms with E-state index in [0.717, 1.165) is 26.6 Å². The van der Waals surface area contributed by atoms with E-state index in [-0.39, 0.29) is 18.1 Å². The van der Waals surface area contributed by atoms with Crippen LogP contribution >= 0.6 is 22.9 Å². The molecule has 132 valence electrons. The van der Waals surface area contributed by atoms with Crippen LogP contribution in [0.2, 0.25) is 5.02 Å². The van der Waals surface area contributed by atoms with Crippen LogP contribution in [0.1, 0.15) is 38.0 Å². The molecule has 0 radical (unpaired) electrons. The molecule has 1 atom stereocenters. The molecule has 0 spiro atoms. The lowest BCUT2D eigenvalue weighted by Gasteiger charge is -2.22. The van der Waals surface area contributed by atoms with E-state index in [0.29, 0.717) is 16.4 Å². The van der Waals surface area contributed by atoms with Crippen LogP contribution in [-0.2, 0) is 4.79 Å². The maximum absolute atomic E-state index is 13.2. The molecule has 1 amide bonds. The van der Waals surface area contributed by atoms with Crippen LogP contribution in [-0.4, -0.2) is 21.9 Å². The Labute approximate surface area is 159 Å². The van der Waals surface area contributed by atoms with E-state index in [9.17, 15) is 9.59 Å². The molecule has 2 aromatic heterocycles. The summed E-state index contributed by atoms with van der Waals surface area (Å²) in [5.74, 6) is -0.376. The van der Waals surface area contributed by atoms with E-state index in [1.807, 2.05) is 32.0 Å². The fourth-order valence-electron chi connectivity index (χ4n) is 3.38. The Kier molecular flexibility index (Phi) is 4.17. The van der Waals surface area contributed by atoms with Crippen molar-refractivity contribution in [1.29, 1.82) is 0 Å². The number of amides is 1. The van der Waals surface area contributed by atoms with E-state index in [1.165, 1.54) is 0 Å². The van der Waals surface area contributed by atoms with Gasteiger partial charge in [-0.1, -0.05) is 23.7 Å². The number of nitrogens with zero attached hydrogens (tertiary/aromatic N) is 1. The summed E-state index contributed by atoms with van der Waals surface area (Å²) in [5, 5.41) is 10.6. The molecule has 26 heavy (non-hydrogen) atoms. The number of hydrogen-bond acceptors (Lipinski definition) is 4. The predicted molar refractivity (Wildman–Crippen MR) is 103 cm³/mol. The van der Waals surface area contributed by atoms with Crippen molar-refractivity contribution in [3.05, 3.63) is 56.2 Å². The second-order valence-electron chi connectivity index (χ2n) is 6.36. The van der Waals surface area contributed by atoms with Crippen LogP contribution in [0.25, 0.3) is 11.3 Å². The second kappa shape index (κ2) is 6.37. The summed E-state index contributed by atoms with van der Waals surface area (Å²) in [4.78, 5) is 27.4. The Balaban J connectivity index is 1.82. The molecule has 3 aromatic rings. The summed E-state index contributed by atoms with van der Waals surface area (Å²) < 4.78 is 0. The zero-order valence-corrected chi connectivity index (χ0v) is 15.8. The van der Waals surface area contributed by atoms with Crippen LogP contribution in [0.3, 0.4) is 0 Å². The van der Waals surface area contributed by atoms with E-state index >= 15 is 0 Å². The molecule has 0 aliphatic carbocycles. The maximum atomic E-state index is 13.2. The average molecular weight is 386 g/mol. The maximum Gasteiger partial charge on any atom is 0.226 e. The van der Waals surface area contributed by atoms with Gasteiger partial charge in [-0.15, -0.1) is 11.3 Å². The predicted octanol–water partition coefficient (Wildman–Crippen LogP) is 4.72. The second-order valence-corrected chi connectivity index (χ2v) is 8.26. The highest BCUT2D eigenvalue weighted by Crippen LogP contribution is 2.41. The Morgan fingerprint density at radius 2 is 2.00 bits per heavy atom. The van der Waals surface area contributed by atoms with Gasteiger partial charge in [0.1, 0.15) is 0 Å². The van der Waals surface area contributed by atoms with Gasteiger partial charge in [0.05, 0.1) is 11.6 Å². The molecule has 0 fully saturated rings. The minimum Gasteiger partial charge on any atom is -0.309 e. The lowest BCUT2D eigenvalue weighted by atomic mass is 9.84. The van der Waals surface area contributed by atoms with E-state index in [4.69, 9.17) is 11.6 Å². The van der Waals surface area contributed by atoms with E-state index < -0.39 is 5.92 Å². The van der Waals surface area contributed by atoms with Gasteiger partial charge in [-0.2, -0.15) is 5.10 Å². The van der Waals surface area contributed by atoms with Gasteiger partial charge in [0, 0.05) is 37.9 Å². The van der Waals surface area contributed by atoms with Crippen molar-refractivity contribution in [3.8, 4) is 11.3 Å². The zero-order valence-electron chi connectivity index (χ0n) is 14.2. The molecule has 0 saturated carbocycles. The molecule has 1 unspecified atom stereocenters. The van der Waals surface area contributed by atoms with Crippen molar-refractivity contribution < 1.29 is 9.59 Å². The molecule has 3 heterocycles. The van der Waals surface area contributed by atoms with Gasteiger partial charge in [0.2, 0.25) is 5.91 Å². The molecule has 0 bridgehead atoms. The minimum atomic E-state index is -0.559. The van der Waals surface area contributed by atoms with Crippen molar-refractivity contribution in [1.82, 2.24) is 10.2 Å². The Morgan fingerprint density at radius 1 is 1.27 bits per heavy atom. The van der Waals surface area contributed by atoms with Gasteiger partial charge in [-0.25, -0.2) is 0 Å². The first-order chi connectivity index (χ1) is 12.4. The normalized spacial score (nSPS) is 16.3. The number of thiophene rings is 1. The number of carbonyl (C=O) groups is 2. The summed E-state index contributed by atoms with van der Waals surface area (Å²) in [6, 6.07) is 9.21. The van der Waals surface area contributed by atoms with Crippen LogP contribution in [0.15, 0.2) is 30.3 Å². The van der Waals surface area contributed by atoms with Gasteiger partial charge in [0.25, 0.3) is 0 Å². The van der Waals surface area contributed by atoms with E-state index in [2.05, 4.69) is 15.5 Å². The van der Waals surface area contributed by atoms with Gasteiger partial charge in [0.15, 0.2) is 11.6 Å². The third kappa shape index (κ3) is 2.85. The first-order valence-corrected chi connectivity index (χ1v) is 9.39. The topological polar surface area (TPSA) is 74.8 Å². The lowest BCUT2D eigenvalue weighted by molar-refractivity contribution is -0.116. The SMILES string of the molecule is Cc1cc(C(=O)C2CC(=O)Nc3n[nH]c(-c4ccc(Cl)cc4)c32)c(C)s1. The number of ketones is 1. The summed E-state index contributed by atoms with van der Waals surface area (Å²) in [7, 11) is 0. The first-order valence-electron chi connectivity index (χ1n) is 8.19. The standard InChI is InChI=1S/C19H16ClN3O2S/c1-9-7-13(10(2)26-9)18(25)14-8-15(24)21-19-16(14)17(22-23-19)11-3-5-12(20)6-4-11/h3-7,14H,8H2,1-2H3,(H2,21,22,23,24).